The highest BCUT2D eigenvalue weighted by Gasteiger charge is 2.44. The van der Waals surface area contributed by atoms with Gasteiger partial charge in [0, 0.05) is 19.3 Å². The number of pyridine rings is 1. The van der Waals surface area contributed by atoms with E-state index in [4.69, 9.17) is 0 Å². The molecule has 2 aliphatic rings. The molecule has 5 rings (SSSR count). The lowest BCUT2D eigenvalue weighted by Crippen LogP contribution is -2.55. The first-order valence-corrected chi connectivity index (χ1v) is 13.6. The van der Waals surface area contributed by atoms with E-state index in [0.29, 0.717) is 37.3 Å². The molecule has 3 amide bonds. The molecule has 1 N–H and O–H groups in total. The van der Waals surface area contributed by atoms with Crippen molar-refractivity contribution in [1.82, 2.24) is 25.1 Å². The van der Waals surface area contributed by atoms with E-state index in [-0.39, 0.29) is 23.6 Å². The number of nitrogens with one attached hydrogen (secondary N) is 1. The number of amides is 3. The number of nitrogens with zero attached hydrogens (tertiary/aromatic N) is 4. The van der Waals surface area contributed by atoms with E-state index in [2.05, 4.69) is 15.3 Å². The molecule has 1 aromatic carbocycles. The van der Waals surface area contributed by atoms with Crippen LogP contribution in [0.25, 0.3) is 10.4 Å². The van der Waals surface area contributed by atoms with Crippen LogP contribution in [0, 0.1) is 12.8 Å². The lowest BCUT2D eigenvalue weighted by molar-refractivity contribution is -0.143. The van der Waals surface area contributed by atoms with Gasteiger partial charge in [0.15, 0.2) is 0 Å². The zero-order chi connectivity index (χ0) is 26.1. The number of carbonyl (C=O) groups is 3. The lowest BCUT2D eigenvalue weighted by atomic mass is 10.0. The summed E-state index contributed by atoms with van der Waals surface area (Å²) in [6.07, 6.45) is 3.03. The molecule has 2 atom stereocenters. The van der Waals surface area contributed by atoms with E-state index in [1.54, 1.807) is 39.5 Å². The molecule has 4 heterocycles. The fourth-order valence-electron chi connectivity index (χ4n) is 5.28. The molecular weight excluding hydrogens is 486 g/mol. The van der Waals surface area contributed by atoms with Crippen LogP contribution in [0.2, 0.25) is 0 Å². The average molecular weight is 518 g/mol. The molecule has 0 saturated carbocycles. The Labute approximate surface area is 220 Å². The van der Waals surface area contributed by atoms with Crippen molar-refractivity contribution in [1.29, 1.82) is 0 Å². The number of aromatic nitrogens is 2. The molecule has 192 valence electrons. The van der Waals surface area contributed by atoms with Crippen molar-refractivity contribution < 1.29 is 14.4 Å². The molecule has 1 fully saturated rings. The van der Waals surface area contributed by atoms with E-state index in [1.807, 2.05) is 50.5 Å². The third-order valence-electron chi connectivity index (χ3n) is 7.19. The van der Waals surface area contributed by atoms with Gasteiger partial charge >= 0.3 is 0 Å². The maximum atomic E-state index is 13.8. The van der Waals surface area contributed by atoms with Crippen LogP contribution in [0.1, 0.15) is 54.0 Å². The highest BCUT2D eigenvalue weighted by molar-refractivity contribution is 7.13. The first kappa shape index (κ1) is 25.1. The predicted molar refractivity (Wildman–Crippen MR) is 142 cm³/mol. The van der Waals surface area contributed by atoms with Crippen molar-refractivity contribution in [3.63, 3.8) is 0 Å². The third kappa shape index (κ3) is 4.87. The number of thiazole rings is 1. The molecule has 37 heavy (non-hydrogen) atoms. The minimum Gasteiger partial charge on any atom is -0.350 e. The first-order chi connectivity index (χ1) is 17.8. The summed E-state index contributed by atoms with van der Waals surface area (Å²) in [6, 6.07) is 10.4. The Morgan fingerprint density at radius 2 is 1.95 bits per heavy atom. The van der Waals surface area contributed by atoms with Crippen LogP contribution in [0.15, 0.2) is 48.1 Å². The van der Waals surface area contributed by atoms with Crippen molar-refractivity contribution in [2.24, 2.45) is 5.92 Å². The zero-order valence-corrected chi connectivity index (χ0v) is 22.1. The maximum Gasteiger partial charge on any atom is 0.256 e. The van der Waals surface area contributed by atoms with Crippen LogP contribution in [-0.2, 0) is 22.7 Å². The van der Waals surface area contributed by atoms with Gasteiger partial charge < -0.3 is 15.1 Å². The normalized spacial score (nSPS) is 17.8. The van der Waals surface area contributed by atoms with Crippen LogP contribution in [-0.4, -0.2) is 56.1 Å². The van der Waals surface area contributed by atoms with Crippen molar-refractivity contribution in [2.75, 3.05) is 6.54 Å². The summed E-state index contributed by atoms with van der Waals surface area (Å²) in [7, 11) is 0. The molecule has 0 bridgehead atoms. The average Bonchev–Trinajstić information content (AvgIpc) is 3.63. The monoisotopic (exact) mass is 517 g/mol. The molecule has 8 nitrogen and oxygen atoms in total. The van der Waals surface area contributed by atoms with Gasteiger partial charge in [-0.3, -0.25) is 19.4 Å². The fourth-order valence-corrected chi connectivity index (χ4v) is 6.09. The van der Waals surface area contributed by atoms with E-state index >= 15 is 0 Å². The number of rotatable bonds is 7. The molecule has 0 radical (unpaired) electrons. The number of aryl methyl sites for hydroxylation is 1. The van der Waals surface area contributed by atoms with Crippen molar-refractivity contribution in [3.8, 4) is 10.4 Å². The number of hydrogen-bond acceptors (Lipinski definition) is 6. The van der Waals surface area contributed by atoms with Crippen LogP contribution in [0.3, 0.4) is 0 Å². The number of carbonyl (C=O) groups excluding carboxylic acids is 3. The summed E-state index contributed by atoms with van der Waals surface area (Å²) in [4.78, 5) is 53.1. The summed E-state index contributed by atoms with van der Waals surface area (Å²) >= 11 is 1.61. The molecule has 0 spiro atoms. The Morgan fingerprint density at radius 3 is 2.62 bits per heavy atom. The number of likely N-dealkylation sites (tertiary alicyclic amines) is 1. The van der Waals surface area contributed by atoms with Gasteiger partial charge in [-0.2, -0.15) is 0 Å². The molecule has 9 heteroatoms. The van der Waals surface area contributed by atoms with Crippen molar-refractivity contribution >= 4 is 29.1 Å². The summed E-state index contributed by atoms with van der Waals surface area (Å²) in [6.45, 7) is 7.08. The summed E-state index contributed by atoms with van der Waals surface area (Å²) in [5.41, 5.74) is 6.19. The zero-order valence-electron chi connectivity index (χ0n) is 21.3. The smallest absolute Gasteiger partial charge is 0.256 e. The molecule has 3 aromatic rings. The molecular formula is C28H31N5O3S. The van der Waals surface area contributed by atoms with Gasteiger partial charge in [0.2, 0.25) is 11.8 Å². The SMILES string of the molecule is Cc1ncsc1-c1ccc(CNC(=O)[C@@H]2CCCN2C(=O)C(C(C)C)N2Cc3ncccc3C2=O)cc1. The quantitative estimate of drug-likeness (QED) is 0.514. The Balaban J connectivity index is 1.25. The molecule has 0 aliphatic carbocycles. The predicted octanol–water partition coefficient (Wildman–Crippen LogP) is 3.80. The molecule has 2 aromatic heterocycles. The largest absolute Gasteiger partial charge is 0.350 e. The summed E-state index contributed by atoms with van der Waals surface area (Å²) in [5.74, 6) is -0.602. The van der Waals surface area contributed by atoms with Gasteiger partial charge in [0.05, 0.1) is 33.9 Å². The third-order valence-corrected chi connectivity index (χ3v) is 8.17. The van der Waals surface area contributed by atoms with Gasteiger partial charge in [0.1, 0.15) is 12.1 Å². The molecule has 2 aliphatic heterocycles. The van der Waals surface area contributed by atoms with Gasteiger partial charge in [-0.05, 0) is 48.9 Å². The summed E-state index contributed by atoms with van der Waals surface area (Å²) < 4.78 is 0. The van der Waals surface area contributed by atoms with E-state index in [1.165, 1.54) is 0 Å². The van der Waals surface area contributed by atoms with Gasteiger partial charge in [-0.1, -0.05) is 38.1 Å². The van der Waals surface area contributed by atoms with Crippen LogP contribution >= 0.6 is 11.3 Å². The number of benzene rings is 1. The van der Waals surface area contributed by atoms with Crippen LogP contribution in [0.5, 0.6) is 0 Å². The second kappa shape index (κ2) is 10.4. The van der Waals surface area contributed by atoms with Crippen molar-refractivity contribution in [2.45, 2.75) is 58.8 Å². The van der Waals surface area contributed by atoms with Crippen molar-refractivity contribution in [3.05, 3.63) is 70.6 Å². The lowest BCUT2D eigenvalue weighted by Gasteiger charge is -2.35. The Bertz CT molecular complexity index is 1320. The number of fused-ring (bicyclic) bond motifs is 1. The Kier molecular flexibility index (Phi) is 7.06. The fraction of sp³-hybridized carbons (Fsp3) is 0.393. The van der Waals surface area contributed by atoms with E-state index < -0.39 is 12.1 Å². The first-order valence-electron chi connectivity index (χ1n) is 12.7. The topological polar surface area (TPSA) is 95.5 Å². The minimum atomic E-state index is -0.641. The van der Waals surface area contributed by atoms with E-state index in [0.717, 1.165) is 28.1 Å². The van der Waals surface area contributed by atoms with E-state index in [9.17, 15) is 14.4 Å². The standard InChI is InChI=1S/C28H31N5O3S/c1-17(2)24(33-15-22-21(27(33)35)6-4-12-29-22)28(36)32-13-5-7-23(32)26(34)30-14-19-8-10-20(11-9-19)25-18(3)31-16-37-25/h4,6,8-12,16-17,23-24H,5,7,13-15H2,1-3H3,(H,30,34)/t23-,24?/m0/s1. The second-order valence-corrected chi connectivity index (χ2v) is 10.8. The van der Waals surface area contributed by atoms with Gasteiger partial charge in [-0.15, -0.1) is 11.3 Å². The molecule has 1 unspecified atom stereocenters. The molecule has 1 saturated heterocycles. The highest BCUT2D eigenvalue weighted by atomic mass is 32.1. The Morgan fingerprint density at radius 1 is 1.16 bits per heavy atom. The van der Waals surface area contributed by atoms with Crippen LogP contribution < -0.4 is 5.32 Å². The maximum absolute atomic E-state index is 13.8. The van der Waals surface area contributed by atoms with Gasteiger partial charge in [-0.25, -0.2) is 4.98 Å². The second-order valence-electron chi connectivity index (χ2n) is 9.99. The van der Waals surface area contributed by atoms with Crippen LogP contribution in [0.4, 0.5) is 0 Å². The highest BCUT2D eigenvalue weighted by Crippen LogP contribution is 2.30. The van der Waals surface area contributed by atoms with Gasteiger partial charge in [0.25, 0.3) is 5.91 Å². The number of hydrogen-bond donors (Lipinski definition) is 1. The Hall–Kier alpha value is -3.59. The summed E-state index contributed by atoms with van der Waals surface area (Å²) in [5, 5.41) is 3.02. The minimum absolute atomic E-state index is 0.101.